The van der Waals surface area contributed by atoms with E-state index in [2.05, 4.69) is 20.3 Å². The molecule has 0 bridgehead atoms. The number of nitrogens with zero attached hydrogens (tertiary/aromatic N) is 3. The Morgan fingerprint density at radius 2 is 2.17 bits per heavy atom. The van der Waals surface area contributed by atoms with Gasteiger partial charge in [0.25, 0.3) is 5.56 Å². The molecule has 30 heavy (non-hydrogen) atoms. The van der Waals surface area contributed by atoms with E-state index in [1.54, 1.807) is 11.5 Å². The summed E-state index contributed by atoms with van der Waals surface area (Å²) in [7, 11) is 0. The lowest BCUT2D eigenvalue weighted by Crippen LogP contribution is -2.42. The van der Waals surface area contributed by atoms with Gasteiger partial charge in [-0.3, -0.25) is 14.3 Å². The predicted molar refractivity (Wildman–Crippen MR) is 104 cm³/mol. The van der Waals surface area contributed by atoms with Crippen LogP contribution in [0.1, 0.15) is 39.3 Å². The molecule has 2 aliphatic rings. The lowest BCUT2D eigenvalue weighted by Gasteiger charge is -2.35. The molecule has 0 amide bonds. The highest BCUT2D eigenvalue weighted by Crippen LogP contribution is 2.30. The second kappa shape index (κ2) is 8.57. The summed E-state index contributed by atoms with van der Waals surface area (Å²) in [6.45, 7) is 3.25. The average Bonchev–Trinajstić information content (AvgIpc) is 3.24. The summed E-state index contributed by atoms with van der Waals surface area (Å²) in [5, 5.41) is 32.0. The molecule has 4 heterocycles. The topological polar surface area (TPSA) is 164 Å². The number of rotatable bonds is 6. The number of anilines is 1. The van der Waals surface area contributed by atoms with E-state index in [1.807, 2.05) is 6.92 Å². The Morgan fingerprint density at radius 3 is 2.87 bits per heavy atom. The number of fused-ring (bicyclic) bond motifs is 1. The van der Waals surface area contributed by atoms with Gasteiger partial charge in [-0.1, -0.05) is 0 Å². The number of aromatic nitrogens is 4. The van der Waals surface area contributed by atoms with Crippen LogP contribution in [0.5, 0.6) is 0 Å². The molecule has 4 unspecified atom stereocenters. The van der Waals surface area contributed by atoms with Crippen molar-refractivity contribution in [3.05, 3.63) is 16.7 Å². The first kappa shape index (κ1) is 21.2. The molecule has 2 saturated heterocycles. The normalized spacial score (nSPS) is 33.1. The van der Waals surface area contributed by atoms with E-state index in [0.717, 1.165) is 0 Å². The smallest absolute Gasteiger partial charge is 0.280 e. The van der Waals surface area contributed by atoms with Crippen molar-refractivity contribution in [3.63, 3.8) is 0 Å². The van der Waals surface area contributed by atoms with Crippen molar-refractivity contribution >= 4 is 17.1 Å². The maximum absolute atomic E-state index is 12.5. The van der Waals surface area contributed by atoms with E-state index >= 15 is 0 Å². The van der Waals surface area contributed by atoms with Gasteiger partial charge in [-0.05, 0) is 13.8 Å². The van der Waals surface area contributed by atoms with Crippen LogP contribution in [0.2, 0.25) is 0 Å². The van der Waals surface area contributed by atoms with Gasteiger partial charge in [-0.15, -0.1) is 0 Å². The number of ether oxygens (including phenoxy) is 3. The van der Waals surface area contributed by atoms with Crippen LogP contribution in [0.25, 0.3) is 11.2 Å². The van der Waals surface area contributed by atoms with Gasteiger partial charge in [-0.2, -0.15) is 4.98 Å². The van der Waals surface area contributed by atoms with E-state index in [9.17, 15) is 20.1 Å². The summed E-state index contributed by atoms with van der Waals surface area (Å²) in [6.07, 6.45) is -1.32. The monoisotopic (exact) mass is 425 g/mol. The quantitative estimate of drug-likeness (QED) is 0.404. The Labute approximate surface area is 171 Å². The fraction of sp³-hybridized carbons (Fsp3) is 0.722. The molecule has 0 spiro atoms. The average molecular weight is 425 g/mol. The number of hydrogen-bond acceptors (Lipinski definition) is 10. The first-order valence-corrected chi connectivity index (χ1v) is 10.0. The van der Waals surface area contributed by atoms with Crippen LogP contribution < -0.4 is 10.9 Å². The highest BCUT2D eigenvalue weighted by Gasteiger charge is 2.35. The van der Waals surface area contributed by atoms with Gasteiger partial charge in [0, 0.05) is 19.3 Å². The first-order valence-electron chi connectivity index (χ1n) is 10.0. The van der Waals surface area contributed by atoms with Crippen molar-refractivity contribution in [2.45, 2.75) is 76.3 Å². The zero-order valence-electron chi connectivity index (χ0n) is 16.8. The number of aliphatic hydroxyl groups is 3. The molecule has 5 N–H and O–H groups in total. The van der Waals surface area contributed by atoms with E-state index < -0.39 is 42.6 Å². The summed E-state index contributed by atoms with van der Waals surface area (Å²) in [6, 6.07) is 0. The Hall–Kier alpha value is -2.09. The molecule has 0 radical (unpaired) electrons. The maximum atomic E-state index is 12.5. The van der Waals surface area contributed by atoms with Crippen molar-refractivity contribution in [2.75, 3.05) is 11.9 Å². The number of hydrogen-bond donors (Lipinski definition) is 5. The zero-order valence-corrected chi connectivity index (χ0v) is 16.8. The molecule has 0 aliphatic carbocycles. The standard InChI is InChI=1S/C18H27N5O7/c1-8(25)3-14-28-9(2)4-12(30-14)20-18-21-16-15(17(27)22-18)19-7-23(16)13-5-10(26)11(6-24)29-13/h7-14,24-26H,3-6H2,1-2H3,(H2,20,21,22,27)/t8?,9?,10-,11+,12?,13+,14?/m0/s1. The number of aromatic amines is 1. The van der Waals surface area contributed by atoms with E-state index in [-0.39, 0.29) is 36.2 Å². The van der Waals surface area contributed by atoms with Crippen molar-refractivity contribution < 1.29 is 29.5 Å². The molecule has 4 rings (SSSR count). The molecule has 2 aliphatic heterocycles. The fourth-order valence-electron chi connectivity index (χ4n) is 3.78. The minimum absolute atomic E-state index is 0.107. The summed E-state index contributed by atoms with van der Waals surface area (Å²) in [5.74, 6) is 0.196. The van der Waals surface area contributed by atoms with E-state index in [0.29, 0.717) is 12.8 Å². The second-order valence-electron chi connectivity index (χ2n) is 7.82. The minimum atomic E-state index is -0.819. The number of H-pyrrole nitrogens is 1. The van der Waals surface area contributed by atoms with Crippen LogP contribution >= 0.6 is 0 Å². The van der Waals surface area contributed by atoms with Gasteiger partial charge in [0.2, 0.25) is 5.95 Å². The second-order valence-corrected chi connectivity index (χ2v) is 7.82. The fourth-order valence-corrected chi connectivity index (χ4v) is 3.78. The Bertz CT molecular complexity index is 929. The van der Waals surface area contributed by atoms with Crippen LogP contribution in [-0.4, -0.2) is 78.4 Å². The van der Waals surface area contributed by atoms with Crippen molar-refractivity contribution in [1.29, 1.82) is 0 Å². The third-order valence-corrected chi connectivity index (χ3v) is 5.20. The lowest BCUT2D eigenvalue weighted by molar-refractivity contribution is -0.240. The Kier molecular flexibility index (Phi) is 6.04. The molecule has 0 aromatic carbocycles. The number of aliphatic hydroxyl groups excluding tert-OH is 3. The third-order valence-electron chi connectivity index (χ3n) is 5.20. The van der Waals surface area contributed by atoms with Crippen molar-refractivity contribution in [1.82, 2.24) is 19.5 Å². The van der Waals surface area contributed by atoms with Crippen LogP contribution in [0.15, 0.2) is 11.1 Å². The molecule has 2 aromatic heterocycles. The van der Waals surface area contributed by atoms with Gasteiger partial charge in [-0.25, -0.2) is 4.98 Å². The van der Waals surface area contributed by atoms with Gasteiger partial charge in [0.05, 0.1) is 31.2 Å². The highest BCUT2D eigenvalue weighted by atomic mass is 16.7. The summed E-state index contributed by atoms with van der Waals surface area (Å²) < 4.78 is 18.7. The molecule has 166 valence electrons. The van der Waals surface area contributed by atoms with Gasteiger partial charge < -0.3 is 34.8 Å². The van der Waals surface area contributed by atoms with Gasteiger partial charge in [0.1, 0.15) is 18.6 Å². The zero-order chi connectivity index (χ0) is 21.4. The van der Waals surface area contributed by atoms with Crippen molar-refractivity contribution in [3.8, 4) is 0 Å². The highest BCUT2D eigenvalue weighted by molar-refractivity contribution is 5.70. The van der Waals surface area contributed by atoms with Gasteiger partial charge >= 0.3 is 0 Å². The molecular formula is C18H27N5O7. The minimum Gasteiger partial charge on any atom is -0.394 e. The number of imidazole rings is 1. The van der Waals surface area contributed by atoms with E-state index in [1.165, 1.54) is 6.33 Å². The third kappa shape index (κ3) is 4.33. The maximum Gasteiger partial charge on any atom is 0.280 e. The first-order chi connectivity index (χ1) is 14.3. The summed E-state index contributed by atoms with van der Waals surface area (Å²) in [5.41, 5.74) is -0.00356. The predicted octanol–water partition coefficient (Wildman–Crippen LogP) is -0.579. The lowest BCUT2D eigenvalue weighted by atomic mass is 10.2. The van der Waals surface area contributed by atoms with Crippen LogP contribution in [-0.2, 0) is 14.2 Å². The van der Waals surface area contributed by atoms with E-state index in [4.69, 9.17) is 14.2 Å². The Morgan fingerprint density at radius 1 is 1.37 bits per heavy atom. The molecule has 2 fully saturated rings. The summed E-state index contributed by atoms with van der Waals surface area (Å²) >= 11 is 0. The summed E-state index contributed by atoms with van der Waals surface area (Å²) in [4.78, 5) is 23.7. The SMILES string of the molecule is CC(O)CC1OC(C)CC(Nc2nc3c(ncn3[C@H]3C[C@H](O)[C@@H](CO)O3)c(=O)[nH]2)O1. The largest absolute Gasteiger partial charge is 0.394 e. The van der Waals surface area contributed by atoms with Gasteiger partial charge in [0.15, 0.2) is 17.5 Å². The molecule has 0 saturated carbocycles. The number of nitrogens with one attached hydrogen (secondary N) is 2. The molecular weight excluding hydrogens is 398 g/mol. The van der Waals surface area contributed by atoms with Crippen LogP contribution in [0.3, 0.4) is 0 Å². The van der Waals surface area contributed by atoms with Crippen LogP contribution in [0.4, 0.5) is 5.95 Å². The molecule has 2 aromatic rings. The molecule has 12 heteroatoms. The Balaban J connectivity index is 1.56. The van der Waals surface area contributed by atoms with Crippen molar-refractivity contribution in [2.24, 2.45) is 0 Å². The van der Waals surface area contributed by atoms with Crippen LogP contribution in [0, 0.1) is 0 Å². The molecule has 12 nitrogen and oxygen atoms in total. The molecule has 7 atom stereocenters.